The summed E-state index contributed by atoms with van der Waals surface area (Å²) in [6, 6.07) is 29.0. The van der Waals surface area contributed by atoms with Crippen molar-refractivity contribution < 1.29 is 22.7 Å². The number of carbonyl (C=O) groups is 2. The molecule has 0 saturated carbocycles. The van der Waals surface area contributed by atoms with E-state index in [9.17, 15) is 18.0 Å². The Balaban J connectivity index is 1.79. The second-order valence-electron chi connectivity index (χ2n) is 11.3. The highest BCUT2D eigenvalue weighted by Gasteiger charge is 2.35. The fourth-order valence-corrected chi connectivity index (χ4v) is 6.87. The van der Waals surface area contributed by atoms with Crippen molar-refractivity contribution in [2.45, 2.75) is 57.6 Å². The average molecular weight is 707 g/mol. The molecule has 0 aliphatic carbocycles. The number of carbonyl (C=O) groups excluding carboxylic acids is 2. The lowest BCUT2D eigenvalue weighted by molar-refractivity contribution is -0.140. The van der Waals surface area contributed by atoms with E-state index in [0.29, 0.717) is 18.0 Å². The molecule has 10 heteroatoms. The van der Waals surface area contributed by atoms with E-state index < -0.39 is 28.5 Å². The number of ether oxygens (including phenoxy) is 1. The lowest BCUT2D eigenvalue weighted by Crippen LogP contribution is -2.54. The van der Waals surface area contributed by atoms with Crippen LogP contribution in [0.25, 0.3) is 0 Å². The molecule has 2 amide bonds. The molecule has 0 heterocycles. The molecule has 0 spiro atoms. The molecule has 1 unspecified atom stereocenters. The van der Waals surface area contributed by atoms with Gasteiger partial charge in [-0.15, -0.1) is 0 Å². The number of hydrogen-bond donors (Lipinski definition) is 1. The zero-order valence-electron chi connectivity index (χ0n) is 26.5. The van der Waals surface area contributed by atoms with Crippen molar-refractivity contribution in [1.82, 2.24) is 10.2 Å². The molecular weight excluding hydrogens is 666 g/mol. The second-order valence-corrected chi connectivity index (χ2v) is 14.1. The molecule has 0 bridgehead atoms. The molecule has 242 valence electrons. The van der Waals surface area contributed by atoms with Gasteiger partial charge in [-0.1, -0.05) is 76.1 Å². The maximum absolute atomic E-state index is 14.5. The van der Waals surface area contributed by atoms with Crippen molar-refractivity contribution in [2.24, 2.45) is 0 Å². The molecule has 0 saturated heterocycles. The van der Waals surface area contributed by atoms with E-state index >= 15 is 0 Å². The first-order chi connectivity index (χ1) is 22.0. The van der Waals surface area contributed by atoms with E-state index in [1.54, 1.807) is 36.4 Å². The van der Waals surface area contributed by atoms with Crippen molar-refractivity contribution in [3.8, 4) is 5.75 Å². The molecule has 4 aromatic rings. The lowest BCUT2D eigenvalue weighted by Gasteiger charge is -2.34. The Hall–Kier alpha value is -4.15. The summed E-state index contributed by atoms with van der Waals surface area (Å²) in [6.07, 6.45) is 0.245. The fraction of sp³-hybridized carbons (Fsp3) is 0.278. The van der Waals surface area contributed by atoms with E-state index in [4.69, 9.17) is 4.74 Å². The van der Waals surface area contributed by atoms with Crippen LogP contribution < -0.4 is 14.4 Å². The summed E-state index contributed by atoms with van der Waals surface area (Å²) in [6.45, 7) is 7.49. The molecule has 1 N–H and O–H groups in total. The Kier molecular flexibility index (Phi) is 12.0. The highest BCUT2D eigenvalue weighted by atomic mass is 79.9. The number of sulfonamides is 1. The van der Waals surface area contributed by atoms with E-state index in [-0.39, 0.29) is 29.8 Å². The van der Waals surface area contributed by atoms with E-state index in [0.717, 1.165) is 25.5 Å². The Morgan fingerprint density at radius 3 is 2.13 bits per heavy atom. The Labute approximate surface area is 280 Å². The van der Waals surface area contributed by atoms with Crippen LogP contribution in [0.15, 0.2) is 112 Å². The van der Waals surface area contributed by atoms with Crippen LogP contribution in [0.3, 0.4) is 0 Å². The smallest absolute Gasteiger partial charge is 0.264 e. The molecule has 0 aliphatic heterocycles. The van der Waals surface area contributed by atoms with Crippen molar-refractivity contribution in [3.05, 3.63) is 124 Å². The summed E-state index contributed by atoms with van der Waals surface area (Å²) in [5.74, 6) is -0.298. The Morgan fingerprint density at radius 1 is 0.870 bits per heavy atom. The number of aryl methyl sites for hydroxylation is 1. The summed E-state index contributed by atoms with van der Waals surface area (Å²) in [7, 11) is -4.21. The van der Waals surface area contributed by atoms with Crippen LogP contribution >= 0.6 is 15.9 Å². The Morgan fingerprint density at radius 2 is 1.52 bits per heavy atom. The third kappa shape index (κ3) is 9.20. The minimum Gasteiger partial charge on any atom is -0.494 e. The monoisotopic (exact) mass is 705 g/mol. The van der Waals surface area contributed by atoms with Crippen LogP contribution in [0.4, 0.5) is 5.69 Å². The minimum absolute atomic E-state index is 0.0151. The number of anilines is 1. The number of hydrogen-bond acceptors (Lipinski definition) is 5. The third-order valence-corrected chi connectivity index (χ3v) is 9.55. The predicted octanol–water partition coefficient (Wildman–Crippen LogP) is 6.52. The second kappa shape index (κ2) is 15.9. The molecule has 1 atom stereocenters. The quantitative estimate of drug-likeness (QED) is 0.161. The third-order valence-electron chi connectivity index (χ3n) is 7.27. The minimum atomic E-state index is -4.21. The molecule has 0 radical (unpaired) electrons. The standard InChI is InChI=1S/C36H40BrN3O5S/c1-5-45-32-18-20-33(21-19-32)46(43,44)40(31-16-14-27(4)15-17-31)25-35(41)39(24-29-12-9-13-30(37)22-29)34(36(42)38-26(2)3)23-28-10-7-6-8-11-28/h6-22,26,34H,5,23-25H2,1-4H3,(H,38,42). The van der Waals surface area contributed by atoms with Crippen LogP contribution in [0.1, 0.15) is 37.5 Å². The molecular formula is C36H40BrN3O5S. The van der Waals surface area contributed by atoms with Crippen LogP contribution in [0.5, 0.6) is 5.75 Å². The SMILES string of the molecule is CCOc1ccc(S(=O)(=O)N(CC(=O)N(Cc2cccc(Br)c2)C(Cc2ccccc2)C(=O)NC(C)C)c2ccc(C)cc2)cc1. The number of nitrogens with one attached hydrogen (secondary N) is 1. The van der Waals surface area contributed by atoms with Crippen molar-refractivity contribution >= 4 is 43.5 Å². The van der Waals surface area contributed by atoms with E-state index in [1.807, 2.05) is 82.3 Å². The zero-order chi connectivity index (χ0) is 33.3. The molecule has 4 aromatic carbocycles. The van der Waals surface area contributed by atoms with Gasteiger partial charge in [-0.25, -0.2) is 8.42 Å². The fourth-order valence-electron chi connectivity index (χ4n) is 5.01. The number of rotatable bonds is 14. The maximum Gasteiger partial charge on any atom is 0.264 e. The first kappa shape index (κ1) is 34.7. The summed E-state index contributed by atoms with van der Waals surface area (Å²) in [5.41, 5.74) is 2.93. The van der Waals surface area contributed by atoms with Crippen LogP contribution in [0.2, 0.25) is 0 Å². The van der Waals surface area contributed by atoms with Gasteiger partial charge in [0, 0.05) is 23.5 Å². The number of halogens is 1. The first-order valence-corrected chi connectivity index (χ1v) is 17.4. The normalized spacial score (nSPS) is 12.0. The average Bonchev–Trinajstić information content (AvgIpc) is 3.02. The van der Waals surface area contributed by atoms with Gasteiger partial charge in [0.25, 0.3) is 10.0 Å². The van der Waals surface area contributed by atoms with E-state index in [1.165, 1.54) is 17.0 Å². The summed E-state index contributed by atoms with van der Waals surface area (Å²) in [4.78, 5) is 29.8. The van der Waals surface area contributed by atoms with Crippen molar-refractivity contribution in [3.63, 3.8) is 0 Å². The predicted molar refractivity (Wildman–Crippen MR) is 185 cm³/mol. The zero-order valence-corrected chi connectivity index (χ0v) is 28.9. The highest BCUT2D eigenvalue weighted by molar-refractivity contribution is 9.10. The molecule has 0 aliphatic rings. The molecule has 0 aromatic heterocycles. The van der Waals surface area contributed by atoms with Gasteiger partial charge in [0.1, 0.15) is 18.3 Å². The maximum atomic E-state index is 14.5. The van der Waals surface area contributed by atoms with Gasteiger partial charge in [-0.2, -0.15) is 0 Å². The topological polar surface area (TPSA) is 96.0 Å². The molecule has 46 heavy (non-hydrogen) atoms. The number of amides is 2. The van der Waals surface area contributed by atoms with Gasteiger partial charge >= 0.3 is 0 Å². The van der Waals surface area contributed by atoms with Crippen LogP contribution in [-0.2, 0) is 32.6 Å². The van der Waals surface area contributed by atoms with Gasteiger partial charge in [0.2, 0.25) is 11.8 Å². The van der Waals surface area contributed by atoms with Gasteiger partial charge in [0.15, 0.2) is 0 Å². The van der Waals surface area contributed by atoms with Gasteiger partial charge in [0.05, 0.1) is 17.2 Å². The largest absolute Gasteiger partial charge is 0.494 e. The lowest BCUT2D eigenvalue weighted by atomic mass is 10.0. The van der Waals surface area contributed by atoms with Crippen LogP contribution in [-0.4, -0.2) is 50.4 Å². The summed E-state index contributed by atoms with van der Waals surface area (Å²) in [5, 5.41) is 2.97. The van der Waals surface area contributed by atoms with Crippen LogP contribution in [0, 0.1) is 6.92 Å². The summed E-state index contributed by atoms with van der Waals surface area (Å²) >= 11 is 3.51. The highest BCUT2D eigenvalue weighted by Crippen LogP contribution is 2.27. The van der Waals surface area contributed by atoms with Crippen molar-refractivity contribution in [2.75, 3.05) is 17.5 Å². The molecule has 0 fully saturated rings. The van der Waals surface area contributed by atoms with E-state index in [2.05, 4.69) is 21.2 Å². The molecule has 8 nitrogen and oxygen atoms in total. The molecule has 4 rings (SSSR count). The Bertz CT molecular complexity index is 1710. The summed E-state index contributed by atoms with van der Waals surface area (Å²) < 4.78 is 35.9. The number of nitrogens with zero attached hydrogens (tertiary/aromatic N) is 2. The number of benzene rings is 4. The first-order valence-electron chi connectivity index (χ1n) is 15.2. The van der Waals surface area contributed by atoms with Crippen molar-refractivity contribution in [1.29, 1.82) is 0 Å². The van der Waals surface area contributed by atoms with Gasteiger partial charge in [-0.3, -0.25) is 13.9 Å². The van der Waals surface area contributed by atoms with Gasteiger partial charge in [-0.05, 0) is 87.4 Å². The van der Waals surface area contributed by atoms with Gasteiger partial charge < -0.3 is 15.0 Å².